The third-order valence-electron chi connectivity index (χ3n) is 9.33. The second-order valence-corrected chi connectivity index (χ2v) is 14.0. The molecule has 1 aliphatic heterocycles. The highest BCUT2D eigenvalue weighted by atomic mass is 32.2. The van der Waals surface area contributed by atoms with E-state index in [-0.39, 0.29) is 11.9 Å². The van der Waals surface area contributed by atoms with Crippen LogP contribution in [-0.4, -0.2) is 30.6 Å². The van der Waals surface area contributed by atoms with Crippen LogP contribution in [0.5, 0.6) is 0 Å². The average Bonchev–Trinajstić information content (AvgIpc) is 3.16. The molecule has 2 saturated carbocycles. The fourth-order valence-electron chi connectivity index (χ4n) is 7.70. The first-order valence-electron chi connectivity index (χ1n) is 12.9. The molecule has 6 atom stereocenters. The van der Waals surface area contributed by atoms with Gasteiger partial charge in [0, 0.05) is 0 Å². The Bertz CT molecular complexity index is 837. The van der Waals surface area contributed by atoms with Gasteiger partial charge in [-0.25, -0.2) is 8.42 Å². The quantitative estimate of drug-likeness (QED) is 0.490. The molecule has 4 aliphatic rings. The highest BCUT2D eigenvalue weighted by Crippen LogP contribution is 2.60. The molecule has 2 fully saturated rings. The van der Waals surface area contributed by atoms with Gasteiger partial charge in [0.05, 0.1) is 11.9 Å². The topological polar surface area (TPSA) is 54.4 Å². The van der Waals surface area contributed by atoms with E-state index >= 15 is 0 Å². The molecule has 1 N–H and O–H groups in total. The maximum absolute atomic E-state index is 13.1. The van der Waals surface area contributed by atoms with Crippen LogP contribution in [0.2, 0.25) is 0 Å². The number of fused-ring (bicyclic) bond motifs is 1. The molecule has 0 spiro atoms. The standard InChI is InChI=1S/C27H44O3S/c1-18(2)7-5-8-19(3)24-12-13-25-20(9-6-14-27(24,25)4)15-26-23-16-22(28)11-10-21(23)17-31(26,29)30/h15,18-19,22,24-26,28H,5-14,16-17H2,1-4H3/b20-15-/t19-,22+,24-,25-,26-,27+/m1/s1. The third kappa shape index (κ3) is 4.58. The number of aliphatic hydroxyl groups is 1. The van der Waals surface area contributed by atoms with Gasteiger partial charge in [-0.2, -0.15) is 0 Å². The molecule has 0 unspecified atom stereocenters. The lowest BCUT2D eigenvalue weighted by Gasteiger charge is -2.44. The number of rotatable bonds is 6. The number of aliphatic hydroxyl groups excluding tert-OH is 1. The molecule has 4 rings (SSSR count). The summed E-state index contributed by atoms with van der Waals surface area (Å²) < 4.78 is 26.1. The van der Waals surface area contributed by atoms with Crippen LogP contribution in [0, 0.1) is 29.1 Å². The average molecular weight is 449 g/mol. The van der Waals surface area contributed by atoms with E-state index in [1.165, 1.54) is 50.5 Å². The van der Waals surface area contributed by atoms with Crippen LogP contribution in [0.25, 0.3) is 0 Å². The molecule has 0 radical (unpaired) electrons. The van der Waals surface area contributed by atoms with E-state index in [0.717, 1.165) is 41.7 Å². The molecule has 0 aromatic rings. The van der Waals surface area contributed by atoms with Crippen LogP contribution >= 0.6 is 0 Å². The van der Waals surface area contributed by atoms with E-state index in [4.69, 9.17) is 0 Å². The summed E-state index contributed by atoms with van der Waals surface area (Å²) in [6, 6.07) is 0. The van der Waals surface area contributed by atoms with E-state index in [1.54, 1.807) is 0 Å². The van der Waals surface area contributed by atoms with Gasteiger partial charge in [0.15, 0.2) is 9.84 Å². The van der Waals surface area contributed by atoms with E-state index in [9.17, 15) is 13.5 Å². The molecule has 0 aromatic heterocycles. The Labute approximate surface area is 190 Å². The zero-order valence-corrected chi connectivity index (χ0v) is 21.0. The molecular weight excluding hydrogens is 404 g/mol. The SMILES string of the molecule is CC(C)CCC[C@@H](C)[C@H]1CC[C@@H]2/C(=C\[C@@H]3C4=C(CC[C@H](O)C4)CS3(=O)=O)CCC[C@]21C. The lowest BCUT2D eigenvalue weighted by atomic mass is 9.60. The first kappa shape index (κ1) is 23.5. The lowest BCUT2D eigenvalue weighted by Crippen LogP contribution is -2.36. The van der Waals surface area contributed by atoms with E-state index < -0.39 is 15.1 Å². The summed E-state index contributed by atoms with van der Waals surface area (Å²) in [4.78, 5) is 0. The van der Waals surface area contributed by atoms with E-state index in [2.05, 4.69) is 33.8 Å². The zero-order chi connectivity index (χ0) is 22.4. The largest absolute Gasteiger partial charge is 0.393 e. The molecule has 0 saturated heterocycles. The van der Waals surface area contributed by atoms with Crippen LogP contribution in [-0.2, 0) is 9.84 Å². The number of allylic oxidation sites excluding steroid dienone is 1. The summed E-state index contributed by atoms with van der Waals surface area (Å²) in [7, 11) is -3.15. The van der Waals surface area contributed by atoms with Crippen LogP contribution < -0.4 is 0 Å². The van der Waals surface area contributed by atoms with Crippen molar-refractivity contribution in [3.8, 4) is 0 Å². The Hall–Kier alpha value is -0.610. The van der Waals surface area contributed by atoms with Gasteiger partial charge in [-0.05, 0) is 86.0 Å². The van der Waals surface area contributed by atoms with Gasteiger partial charge in [0.25, 0.3) is 0 Å². The molecule has 176 valence electrons. The fourth-order valence-corrected chi connectivity index (χ4v) is 9.77. The number of sulfone groups is 1. The van der Waals surface area contributed by atoms with Crippen molar-refractivity contribution < 1.29 is 13.5 Å². The molecule has 3 nitrogen and oxygen atoms in total. The van der Waals surface area contributed by atoms with Crippen molar-refractivity contribution in [3.63, 3.8) is 0 Å². The van der Waals surface area contributed by atoms with Crippen molar-refractivity contribution in [1.29, 1.82) is 0 Å². The Balaban J connectivity index is 1.54. The predicted molar refractivity (Wildman–Crippen MR) is 129 cm³/mol. The Morgan fingerprint density at radius 1 is 1.13 bits per heavy atom. The molecule has 31 heavy (non-hydrogen) atoms. The maximum atomic E-state index is 13.1. The third-order valence-corrected chi connectivity index (χ3v) is 11.3. The second kappa shape index (κ2) is 8.97. The van der Waals surface area contributed by atoms with Gasteiger partial charge in [-0.1, -0.05) is 64.2 Å². The normalized spacial score (nSPS) is 39.7. The first-order chi connectivity index (χ1) is 14.6. The summed E-state index contributed by atoms with van der Waals surface area (Å²) in [5.74, 6) is 3.08. The number of hydrogen-bond donors (Lipinski definition) is 1. The monoisotopic (exact) mass is 448 g/mol. The van der Waals surface area contributed by atoms with Gasteiger partial charge in [-0.15, -0.1) is 0 Å². The molecule has 0 aromatic carbocycles. The maximum Gasteiger partial charge on any atom is 0.164 e. The lowest BCUT2D eigenvalue weighted by molar-refractivity contribution is 0.0926. The first-order valence-corrected chi connectivity index (χ1v) is 14.6. The molecule has 3 aliphatic carbocycles. The minimum atomic E-state index is -3.15. The molecule has 4 heteroatoms. The molecule has 1 heterocycles. The zero-order valence-electron chi connectivity index (χ0n) is 20.2. The second-order valence-electron chi connectivity index (χ2n) is 11.9. The van der Waals surface area contributed by atoms with Crippen molar-refractivity contribution in [2.75, 3.05) is 5.75 Å². The van der Waals surface area contributed by atoms with Crippen LogP contribution in [0.3, 0.4) is 0 Å². The summed E-state index contributed by atoms with van der Waals surface area (Å²) >= 11 is 0. The smallest absolute Gasteiger partial charge is 0.164 e. The highest BCUT2D eigenvalue weighted by molar-refractivity contribution is 7.92. The minimum absolute atomic E-state index is 0.223. The Morgan fingerprint density at radius 2 is 1.90 bits per heavy atom. The summed E-state index contributed by atoms with van der Waals surface area (Å²) in [5, 5.41) is 9.73. The van der Waals surface area contributed by atoms with Gasteiger partial charge >= 0.3 is 0 Å². The summed E-state index contributed by atoms with van der Waals surface area (Å²) in [5.41, 5.74) is 3.89. The summed E-state index contributed by atoms with van der Waals surface area (Å²) in [6.07, 6.45) is 13.9. The number of hydrogen-bond acceptors (Lipinski definition) is 3. The van der Waals surface area contributed by atoms with Gasteiger partial charge < -0.3 is 5.11 Å². The van der Waals surface area contributed by atoms with E-state index in [1.807, 2.05) is 0 Å². The van der Waals surface area contributed by atoms with Crippen molar-refractivity contribution >= 4 is 9.84 Å². The Morgan fingerprint density at radius 3 is 2.65 bits per heavy atom. The van der Waals surface area contributed by atoms with Crippen LogP contribution in [0.15, 0.2) is 22.8 Å². The Kier molecular flexibility index (Phi) is 6.81. The van der Waals surface area contributed by atoms with E-state index in [0.29, 0.717) is 24.2 Å². The van der Waals surface area contributed by atoms with Crippen molar-refractivity contribution in [2.24, 2.45) is 29.1 Å². The molecule has 0 bridgehead atoms. The molecular formula is C27H44O3S. The van der Waals surface area contributed by atoms with Gasteiger partial charge in [0.1, 0.15) is 5.25 Å². The van der Waals surface area contributed by atoms with Crippen molar-refractivity contribution in [3.05, 3.63) is 22.8 Å². The van der Waals surface area contributed by atoms with Crippen molar-refractivity contribution in [1.82, 2.24) is 0 Å². The van der Waals surface area contributed by atoms with Crippen LogP contribution in [0.1, 0.15) is 98.3 Å². The predicted octanol–water partition coefficient (Wildman–Crippen LogP) is 6.23. The highest BCUT2D eigenvalue weighted by Gasteiger charge is 2.51. The fraction of sp³-hybridized carbons (Fsp3) is 0.852. The van der Waals surface area contributed by atoms with Gasteiger partial charge in [0.2, 0.25) is 0 Å². The summed E-state index contributed by atoms with van der Waals surface area (Å²) in [6.45, 7) is 9.62. The molecule has 0 amide bonds. The minimum Gasteiger partial charge on any atom is -0.393 e. The van der Waals surface area contributed by atoms with Crippen LogP contribution in [0.4, 0.5) is 0 Å². The van der Waals surface area contributed by atoms with Crippen molar-refractivity contribution in [2.45, 2.75) is 110 Å². The van der Waals surface area contributed by atoms with Gasteiger partial charge in [-0.3, -0.25) is 0 Å².